The number of carboxylic acids is 1. The van der Waals surface area contributed by atoms with Crippen molar-refractivity contribution < 1.29 is 80.9 Å². The van der Waals surface area contributed by atoms with Crippen LogP contribution in [0.15, 0.2) is 225 Å². The van der Waals surface area contributed by atoms with E-state index in [4.69, 9.17) is 56.6 Å². The van der Waals surface area contributed by atoms with Gasteiger partial charge in [0.2, 0.25) is 22.4 Å². The van der Waals surface area contributed by atoms with Crippen LogP contribution in [0.1, 0.15) is 73.6 Å². The lowest BCUT2D eigenvalue weighted by molar-refractivity contribution is -0.146. The van der Waals surface area contributed by atoms with Crippen molar-refractivity contribution in [2.75, 3.05) is 27.8 Å². The van der Waals surface area contributed by atoms with Gasteiger partial charge in [-0.1, -0.05) is 146 Å². The molecule has 0 aliphatic carbocycles. The van der Waals surface area contributed by atoms with E-state index in [-0.39, 0.29) is 93.7 Å². The molecule has 8 aromatic carbocycles. The first kappa shape index (κ1) is 67.9. The van der Waals surface area contributed by atoms with E-state index in [0.29, 0.717) is 83.0 Å². The number of para-hydroxylation sites is 2. The first-order valence-corrected chi connectivity index (χ1v) is 29.8. The largest absolute Gasteiger partial charge is 0.502 e. The Bertz CT molecular complexity index is 4150. The first-order chi connectivity index (χ1) is 45.4. The molecule has 0 aliphatic heterocycles. The fourth-order valence-electron chi connectivity index (χ4n) is 9.08. The average molecular weight is 1260 g/mol. The first-order valence-electron chi connectivity index (χ1n) is 29.8. The van der Waals surface area contributed by atoms with Gasteiger partial charge >= 0.3 is 23.9 Å². The van der Waals surface area contributed by atoms with E-state index < -0.39 is 28.5 Å². The van der Waals surface area contributed by atoms with Crippen molar-refractivity contribution in [1.82, 2.24) is 0 Å². The Hall–Kier alpha value is -11.0. The third-order valence-corrected chi connectivity index (χ3v) is 13.8. The zero-order chi connectivity index (χ0) is 65.6. The predicted octanol–water partition coefficient (Wildman–Crippen LogP) is 14.3. The molecule has 0 atom stereocenters. The predicted molar refractivity (Wildman–Crippen MR) is 347 cm³/mol. The second kappa shape index (κ2) is 36.0. The summed E-state index contributed by atoms with van der Waals surface area (Å²) in [6, 6.07) is 61.8. The van der Waals surface area contributed by atoms with E-state index in [0.717, 1.165) is 22.3 Å². The number of aromatic hydroxyl groups is 1. The summed E-state index contributed by atoms with van der Waals surface area (Å²) in [5.41, 5.74) is 4.47. The summed E-state index contributed by atoms with van der Waals surface area (Å²) in [5, 5.41) is 19.5. The number of aliphatic carboxylic acids is 1. The highest BCUT2D eigenvalue weighted by Crippen LogP contribution is 2.39. The lowest BCUT2D eigenvalue weighted by Crippen LogP contribution is -2.16. The summed E-state index contributed by atoms with van der Waals surface area (Å²) in [4.78, 5) is 72.8. The lowest BCUT2D eigenvalue weighted by Gasteiger charge is -2.15. The van der Waals surface area contributed by atoms with E-state index in [1.165, 1.54) is 14.2 Å². The third kappa shape index (κ3) is 21.0. The molecule has 0 amide bonds. The smallest absolute Gasteiger partial charge is 0.311 e. The van der Waals surface area contributed by atoms with E-state index in [9.17, 15) is 33.9 Å². The maximum atomic E-state index is 13.6. The van der Waals surface area contributed by atoms with Gasteiger partial charge in [0.15, 0.2) is 48.1 Å². The zero-order valence-electron chi connectivity index (χ0n) is 51.4. The molecular weight excluding hydrogens is 1190 g/mol. The fourth-order valence-corrected chi connectivity index (χ4v) is 9.08. The molecule has 0 unspecified atom stereocenters. The van der Waals surface area contributed by atoms with Crippen LogP contribution in [0, 0.1) is 0 Å². The number of carboxylic acid groups (broad SMARTS) is 1. The number of benzene rings is 8. The van der Waals surface area contributed by atoms with E-state index >= 15 is 0 Å². The molecule has 0 saturated heterocycles. The molecule has 480 valence electrons. The van der Waals surface area contributed by atoms with Crippen LogP contribution in [-0.2, 0) is 64.6 Å². The summed E-state index contributed by atoms with van der Waals surface area (Å²) in [6.45, 7) is 1.11. The minimum atomic E-state index is -0.831. The Labute approximate surface area is 536 Å². The van der Waals surface area contributed by atoms with Crippen molar-refractivity contribution in [2.24, 2.45) is 0 Å². The Kier molecular flexibility index (Phi) is 26.3. The van der Waals surface area contributed by atoms with Crippen LogP contribution in [0.4, 0.5) is 0 Å². The molecule has 2 N–H and O–H groups in total. The van der Waals surface area contributed by atoms with Gasteiger partial charge in [0, 0.05) is 51.0 Å². The van der Waals surface area contributed by atoms with E-state index in [1.807, 2.05) is 121 Å². The summed E-state index contributed by atoms with van der Waals surface area (Å²) in [7, 11) is 3.04. The number of fused-ring (bicyclic) bond motifs is 2. The normalized spacial score (nSPS) is 10.6. The van der Waals surface area contributed by atoms with Crippen LogP contribution >= 0.6 is 0 Å². The van der Waals surface area contributed by atoms with Crippen LogP contribution in [0.25, 0.3) is 44.6 Å². The lowest BCUT2D eigenvalue weighted by atomic mass is 10.1. The Balaban J connectivity index is 0.000000201. The fraction of sp³-hybridized carbons (Fsp3) is 0.216. The minimum absolute atomic E-state index is 0.000285. The molecule has 93 heavy (non-hydrogen) atoms. The highest BCUT2D eigenvalue weighted by atomic mass is 16.7. The molecule has 0 bridgehead atoms. The van der Waals surface area contributed by atoms with Crippen molar-refractivity contribution in [1.29, 1.82) is 0 Å². The van der Waals surface area contributed by atoms with Gasteiger partial charge in [-0.3, -0.25) is 28.8 Å². The van der Waals surface area contributed by atoms with E-state index in [1.54, 1.807) is 84.9 Å². The van der Waals surface area contributed by atoms with Crippen LogP contribution < -0.4 is 34.5 Å². The average Bonchev–Trinajstić information content (AvgIpc) is 0.798. The molecule has 0 aliphatic rings. The maximum Gasteiger partial charge on any atom is 0.311 e. The molecule has 0 radical (unpaired) electrons. The third-order valence-electron chi connectivity index (χ3n) is 13.8. The molecular formula is C74H70O19. The van der Waals surface area contributed by atoms with Gasteiger partial charge in [-0.2, -0.15) is 0 Å². The molecule has 2 aromatic heterocycles. The number of esters is 3. The molecule has 2 heterocycles. The van der Waals surface area contributed by atoms with E-state index in [2.05, 4.69) is 0 Å². The second-order valence-electron chi connectivity index (χ2n) is 20.7. The monoisotopic (exact) mass is 1260 g/mol. The molecule has 19 heteroatoms. The number of methoxy groups -OCH3 is 2. The molecule has 10 rings (SSSR count). The standard InChI is InChI=1S/C37H34O9.C24H20O6.C13H16O4/c1-41-25-44-31-21-20-28(22-32(31)42-23-26-12-4-2-5-13-26)36-37(35(40)29-16-8-9-17-30(29)45-36)46-34(39)19-11-10-18-33(38)43-24-27-14-6-3-7-15-27;1-27-15-29-20-12-11-17(13-21(20)28-14-16-7-3-2-4-8-16)24-23(26)22(25)18-9-5-6-10-19(18)30-24;14-12(15)8-4-5-9-13(16)17-10-11-6-2-1-3-7-11/h2-9,12-17,20-22H,10-11,18-19,23-25H2,1H3;2-13,26H,14-15H2,1H3;1-3,6-7H,4-5,8-10H2,(H,14,15). The summed E-state index contributed by atoms with van der Waals surface area (Å²) in [5.74, 6) is -0.912. The van der Waals surface area contributed by atoms with Gasteiger partial charge in [-0.25, -0.2) is 0 Å². The number of rotatable bonds is 29. The van der Waals surface area contributed by atoms with Crippen molar-refractivity contribution in [3.05, 3.63) is 249 Å². The SMILES string of the molecule is COCOc1ccc(-c2oc3ccccc3c(=O)c2O)cc1OCc1ccccc1.COCOc1ccc(-c2oc3ccccc3c(=O)c2OC(=O)CCCCC(=O)OCc2ccccc2)cc1OCc1ccccc1.O=C(O)CCCCC(=O)OCc1ccccc1. The van der Waals surface area contributed by atoms with Crippen LogP contribution in [0.5, 0.6) is 34.5 Å². The van der Waals surface area contributed by atoms with Crippen LogP contribution in [0.3, 0.4) is 0 Å². The molecule has 0 spiro atoms. The number of carbonyl (C=O) groups is 4. The molecule has 19 nitrogen and oxygen atoms in total. The van der Waals surface area contributed by atoms with Crippen LogP contribution in [-0.4, -0.2) is 61.9 Å². The number of ether oxygens (including phenoxy) is 9. The molecule has 0 fully saturated rings. The zero-order valence-corrected chi connectivity index (χ0v) is 51.4. The van der Waals surface area contributed by atoms with Gasteiger partial charge in [0.1, 0.15) is 37.6 Å². The summed E-state index contributed by atoms with van der Waals surface area (Å²) < 4.78 is 61.4. The molecule has 10 aromatic rings. The van der Waals surface area contributed by atoms with Gasteiger partial charge < -0.3 is 61.7 Å². The highest BCUT2D eigenvalue weighted by Gasteiger charge is 2.23. The van der Waals surface area contributed by atoms with Crippen molar-refractivity contribution in [3.8, 4) is 57.1 Å². The second-order valence-corrected chi connectivity index (χ2v) is 20.7. The number of carbonyl (C=O) groups excluding carboxylic acids is 3. The minimum Gasteiger partial charge on any atom is -0.502 e. The summed E-state index contributed by atoms with van der Waals surface area (Å²) in [6.07, 6.45) is 2.39. The number of hydrogen-bond acceptors (Lipinski definition) is 18. The van der Waals surface area contributed by atoms with Gasteiger partial charge in [-0.15, -0.1) is 0 Å². The number of hydrogen-bond donors (Lipinski definition) is 2. The van der Waals surface area contributed by atoms with Crippen molar-refractivity contribution >= 4 is 45.8 Å². The van der Waals surface area contributed by atoms with Crippen molar-refractivity contribution in [3.63, 3.8) is 0 Å². The summed E-state index contributed by atoms with van der Waals surface area (Å²) >= 11 is 0. The highest BCUT2D eigenvalue weighted by molar-refractivity contribution is 5.85. The topological polar surface area (TPSA) is 252 Å². The Morgan fingerprint density at radius 1 is 0.398 bits per heavy atom. The molecule has 0 saturated carbocycles. The van der Waals surface area contributed by atoms with Crippen molar-refractivity contribution in [2.45, 2.75) is 77.8 Å². The van der Waals surface area contributed by atoms with Gasteiger partial charge in [0.05, 0.1) is 10.8 Å². The Morgan fingerprint density at radius 3 is 1.22 bits per heavy atom. The maximum absolute atomic E-state index is 13.6. The number of unbranched alkanes of at least 4 members (excludes halogenated alkanes) is 2. The van der Waals surface area contributed by atoms with Gasteiger partial charge in [-0.05, 0) is 109 Å². The Morgan fingerprint density at radius 2 is 0.774 bits per heavy atom. The quantitative estimate of drug-likeness (QED) is 0.0251. The van der Waals surface area contributed by atoms with Crippen LogP contribution in [0.2, 0.25) is 0 Å². The van der Waals surface area contributed by atoms with Gasteiger partial charge in [0.25, 0.3) is 0 Å².